The Morgan fingerprint density at radius 2 is 1.46 bits per heavy atom. The molecule has 1 aromatic rings. The summed E-state index contributed by atoms with van der Waals surface area (Å²) in [7, 11) is -5.84. The lowest BCUT2D eigenvalue weighted by molar-refractivity contribution is -0.163. The van der Waals surface area contributed by atoms with Crippen LogP contribution in [0.3, 0.4) is 0 Å². The second-order valence-electron chi connectivity index (χ2n) is 16.6. The number of aromatic nitrogens is 3. The van der Waals surface area contributed by atoms with Crippen molar-refractivity contribution >= 4 is 85.0 Å². The Morgan fingerprint density at radius 3 is 1.93 bits per heavy atom. The normalized spacial score (nSPS) is 34.5. The van der Waals surface area contributed by atoms with Gasteiger partial charge in [0.1, 0.15) is 44.1 Å². The molecule has 0 aromatic carbocycles. The summed E-state index contributed by atoms with van der Waals surface area (Å²) >= 11 is 1.31. The summed E-state index contributed by atoms with van der Waals surface area (Å²) in [6.45, 7) is 3.62. The van der Waals surface area contributed by atoms with Gasteiger partial charge < -0.3 is 45.8 Å². The third-order valence-corrected chi connectivity index (χ3v) is 19.2. The van der Waals surface area contributed by atoms with Crippen LogP contribution >= 0.6 is 11.8 Å². The SMILES string of the molecule is CC1(C)[C@H](C(=O)O)N2C(=O)CC2S1(=O)=O.CC1(C2(N)C=CN=N2)[C@H](C(=O)O)N2C(=O)CC2S1(=O)=O.Cn1cc(/C=C2/C(=O)N3C(C(=O)O)=CS[C@H]23)nn1.O=C(O)[C@H]1/C(=C/CO)O[C@@H]2CC(=O)N21. The first-order chi connectivity index (χ1) is 31.1. The maximum Gasteiger partial charge on any atom is 0.353 e. The number of azo groups is 1. The second kappa shape index (κ2) is 16.3. The number of aliphatic carboxylic acids is 4. The molecule has 7 fully saturated rings. The van der Waals surface area contributed by atoms with Crippen LogP contribution < -0.4 is 5.73 Å². The molecule has 9 atom stereocenters. The van der Waals surface area contributed by atoms with Gasteiger partial charge in [-0.1, -0.05) is 5.21 Å². The van der Waals surface area contributed by atoms with Gasteiger partial charge in [0.05, 0.1) is 42.4 Å². The molecule has 360 valence electrons. The van der Waals surface area contributed by atoms with Crippen LogP contribution in [0.15, 0.2) is 57.2 Å². The van der Waals surface area contributed by atoms with Crippen LogP contribution in [0.4, 0.5) is 0 Å². The number of carboxylic acids is 4. The Bertz CT molecular complexity index is 2810. The van der Waals surface area contributed by atoms with E-state index in [1.807, 2.05) is 0 Å². The zero-order valence-corrected chi connectivity index (χ0v) is 37.7. The number of rotatable bonds is 7. The third kappa shape index (κ3) is 7.08. The Morgan fingerprint density at radius 1 is 0.881 bits per heavy atom. The van der Waals surface area contributed by atoms with Crippen molar-refractivity contribution in [2.45, 2.75) is 95.7 Å². The predicted octanol–water partition coefficient (Wildman–Crippen LogP) is -3.03. The van der Waals surface area contributed by atoms with Gasteiger partial charge in [0.2, 0.25) is 17.7 Å². The smallest absolute Gasteiger partial charge is 0.353 e. The number of hydrogen-bond donors (Lipinski definition) is 6. The van der Waals surface area contributed by atoms with Crippen LogP contribution in [0.5, 0.6) is 0 Å². The molecule has 28 nitrogen and oxygen atoms in total. The molecule has 7 N–H and O–H groups in total. The van der Waals surface area contributed by atoms with Gasteiger partial charge in [0.25, 0.3) is 5.91 Å². The van der Waals surface area contributed by atoms with E-state index < -0.39 is 106 Å². The summed E-state index contributed by atoms with van der Waals surface area (Å²) in [4.78, 5) is 94.2. The van der Waals surface area contributed by atoms with Crippen LogP contribution in [0.25, 0.3) is 6.08 Å². The van der Waals surface area contributed by atoms with Gasteiger partial charge in [-0.15, -0.1) is 16.9 Å². The third-order valence-electron chi connectivity index (χ3n) is 12.5. The van der Waals surface area contributed by atoms with Crippen molar-refractivity contribution in [3.8, 4) is 0 Å². The topological polar surface area (TPSA) is 410 Å². The molecule has 10 heterocycles. The number of sulfone groups is 2. The number of hydrogen-bond acceptors (Lipinski definition) is 20. The highest BCUT2D eigenvalue weighted by Crippen LogP contribution is 2.52. The van der Waals surface area contributed by atoms with Gasteiger partial charge in [-0.05, 0) is 39.0 Å². The van der Waals surface area contributed by atoms with Crippen molar-refractivity contribution in [3.63, 3.8) is 0 Å². The molecule has 10 rings (SSSR count). The van der Waals surface area contributed by atoms with Gasteiger partial charge in [0.15, 0.2) is 43.6 Å². The van der Waals surface area contributed by atoms with Gasteiger partial charge in [0, 0.05) is 18.7 Å². The number of nitrogens with zero attached hydrogens (tertiary/aromatic N) is 9. The summed E-state index contributed by atoms with van der Waals surface area (Å²) in [6, 6.07) is -3.90. The van der Waals surface area contributed by atoms with E-state index in [9.17, 15) is 60.3 Å². The molecule has 0 spiro atoms. The van der Waals surface area contributed by atoms with E-state index in [1.165, 1.54) is 70.8 Å². The number of β-lactam (4-membered cyclic amide) rings is 4. The van der Waals surface area contributed by atoms with E-state index in [0.717, 1.165) is 9.80 Å². The molecular formula is C36H40N10O18S3. The zero-order valence-electron chi connectivity index (χ0n) is 35.2. The number of carbonyl (C=O) groups excluding carboxylic acids is 4. The Balaban J connectivity index is 0.000000134. The van der Waals surface area contributed by atoms with Crippen LogP contribution in [-0.4, -0.2) is 187 Å². The summed E-state index contributed by atoms with van der Waals surface area (Å²) < 4.78 is 52.4. The molecule has 4 amide bonds. The molecule has 31 heteroatoms. The standard InChI is InChI=1S/C10H12N4O5S.C10H8N4O3S.C8H11NO5S.C8H9NO5/c1-9(10(11)2-3-12-13-10)7(8(16)17)14-5(15)4-6(14)20(9,18)19;1-13-3-5(11-12-13)2-6-8(15)14-7(10(16)17)4-18-9(6)14;1-8(2)6(7(11)12)9-4(10)3-5(9)15(8,13)14;10-2-1-4-7(8(12)13)9-5(11)3-6(9)14-4/h2-3,6-7H,4,11H2,1H3,(H,16,17);2-4,9H,1H3,(H,16,17);5-6H,3H2,1-2H3,(H,11,12);1,6-7,10H,2-3H2,(H,12,13)/b;6-2-;;4-1-/t6?,7-,9?,10?;9-;5?,6-;6-,7-/m0101/s1. The maximum atomic E-state index is 12.7. The molecule has 9 aliphatic heterocycles. The molecule has 7 saturated heterocycles. The van der Waals surface area contributed by atoms with Gasteiger partial charge in [-0.25, -0.2) is 36.0 Å². The lowest BCUT2D eigenvalue weighted by Crippen LogP contribution is -2.66. The average molecular weight is 997 g/mol. The Labute approximate surface area is 381 Å². The van der Waals surface area contributed by atoms with Crippen molar-refractivity contribution in [1.82, 2.24) is 34.6 Å². The molecule has 9 aliphatic rings. The van der Waals surface area contributed by atoms with Crippen molar-refractivity contribution in [2.24, 2.45) is 23.0 Å². The largest absolute Gasteiger partial charge is 0.480 e. The first-order valence-electron chi connectivity index (χ1n) is 19.6. The number of nitrogens with two attached hydrogens (primary N) is 1. The molecule has 1 aromatic heterocycles. The number of thioether (sulfide) groups is 1. The fourth-order valence-electron chi connectivity index (χ4n) is 8.79. The first kappa shape index (κ1) is 48.4. The minimum Gasteiger partial charge on any atom is -0.480 e. The number of aryl methyl sites for hydroxylation is 1. The number of fused-ring (bicyclic) bond motifs is 4. The fourth-order valence-corrected chi connectivity index (χ4v) is 14.6. The van der Waals surface area contributed by atoms with Crippen LogP contribution in [-0.2, 0) is 69.8 Å². The molecular weight excluding hydrogens is 957 g/mol. The highest BCUT2D eigenvalue weighted by molar-refractivity contribution is 8.03. The number of carboxylic acid groups (broad SMARTS) is 4. The average Bonchev–Trinajstić information content (AvgIpc) is 4.06. The number of ether oxygens (including phenoxy) is 1. The van der Waals surface area contributed by atoms with Crippen LogP contribution in [0.2, 0.25) is 0 Å². The Kier molecular flexibility index (Phi) is 11.8. The minimum atomic E-state index is -4.00. The van der Waals surface area contributed by atoms with Crippen LogP contribution in [0.1, 0.15) is 45.7 Å². The molecule has 0 aliphatic carbocycles. The molecule has 4 unspecified atom stereocenters. The van der Waals surface area contributed by atoms with E-state index >= 15 is 0 Å². The summed E-state index contributed by atoms with van der Waals surface area (Å²) in [6.07, 6.45) is 6.51. The lowest BCUT2D eigenvalue weighted by atomic mass is 9.85. The van der Waals surface area contributed by atoms with E-state index in [-0.39, 0.29) is 54.5 Å². The zero-order chi connectivity index (χ0) is 49.7. The van der Waals surface area contributed by atoms with Crippen molar-refractivity contribution in [1.29, 1.82) is 0 Å². The van der Waals surface area contributed by atoms with Gasteiger partial charge >= 0.3 is 23.9 Å². The van der Waals surface area contributed by atoms with Gasteiger partial charge in [-0.3, -0.25) is 33.7 Å². The molecule has 0 bridgehead atoms. The van der Waals surface area contributed by atoms with E-state index in [4.69, 9.17) is 30.9 Å². The molecule has 0 saturated carbocycles. The summed E-state index contributed by atoms with van der Waals surface area (Å²) in [5, 5.41) is 58.8. The Hall–Kier alpha value is -6.57. The van der Waals surface area contributed by atoms with E-state index in [0.29, 0.717) is 11.3 Å². The molecule has 0 radical (unpaired) electrons. The monoisotopic (exact) mass is 996 g/mol. The fraction of sp³-hybridized carbons (Fsp3) is 0.500. The van der Waals surface area contributed by atoms with Gasteiger partial charge in [-0.2, -0.15) is 10.2 Å². The number of aliphatic hydroxyl groups is 1. The second-order valence-corrected chi connectivity index (χ2v) is 22.7. The van der Waals surface area contributed by atoms with Crippen molar-refractivity contribution < 1.29 is 85.5 Å². The van der Waals surface area contributed by atoms with Crippen LogP contribution in [0, 0.1) is 0 Å². The van der Waals surface area contributed by atoms with Crippen molar-refractivity contribution in [3.05, 3.63) is 52.7 Å². The highest BCUT2D eigenvalue weighted by Gasteiger charge is 2.76. The van der Waals surface area contributed by atoms with E-state index in [2.05, 4.69) is 20.5 Å². The maximum absolute atomic E-state index is 12.7. The van der Waals surface area contributed by atoms with Crippen molar-refractivity contribution in [2.75, 3.05) is 6.61 Å². The summed E-state index contributed by atoms with van der Waals surface area (Å²) in [5.41, 5.74) is 5.34. The first-order valence-corrected chi connectivity index (χ1v) is 23.6. The number of carbonyl (C=O) groups is 8. The minimum absolute atomic E-state index is 0.0336. The molecule has 67 heavy (non-hydrogen) atoms. The number of aliphatic hydroxyl groups excluding tert-OH is 1. The summed E-state index contributed by atoms with van der Waals surface area (Å²) in [5.74, 6) is -6.20. The predicted molar refractivity (Wildman–Crippen MR) is 220 cm³/mol. The number of amides is 4. The lowest BCUT2D eigenvalue weighted by Gasteiger charge is -2.38. The highest BCUT2D eigenvalue weighted by atomic mass is 32.2. The van der Waals surface area contributed by atoms with E-state index in [1.54, 1.807) is 19.3 Å². The quantitative estimate of drug-likeness (QED) is 0.117.